The monoisotopic (exact) mass is 373 g/mol. The number of para-hydroxylation sites is 1. The van der Waals surface area contributed by atoms with E-state index in [0.29, 0.717) is 34.4 Å². The summed E-state index contributed by atoms with van der Waals surface area (Å²) in [6.07, 6.45) is 5.25. The topological polar surface area (TPSA) is 55.2 Å². The first-order valence-corrected chi connectivity index (χ1v) is 10.6. The molecule has 5 nitrogen and oxygen atoms in total. The van der Waals surface area contributed by atoms with Crippen molar-refractivity contribution in [3.8, 4) is 0 Å². The SMILES string of the molecule is CCCn1c(SCC(=O)N2CCCCC2CC)nc2ccccc2c1=O. The molecule has 6 heteroatoms. The minimum Gasteiger partial charge on any atom is -0.339 e. The maximum Gasteiger partial charge on any atom is 0.262 e. The molecule has 1 aromatic heterocycles. The number of rotatable bonds is 6. The third-order valence-corrected chi connectivity index (χ3v) is 5.98. The lowest BCUT2D eigenvalue weighted by Gasteiger charge is -2.35. The fourth-order valence-electron chi connectivity index (χ4n) is 3.64. The van der Waals surface area contributed by atoms with Crippen LogP contribution in [0.3, 0.4) is 0 Å². The Kier molecular flexibility index (Phi) is 6.35. The number of carbonyl (C=O) groups is 1. The van der Waals surface area contributed by atoms with Crippen molar-refractivity contribution < 1.29 is 4.79 Å². The van der Waals surface area contributed by atoms with Gasteiger partial charge in [0.2, 0.25) is 5.91 Å². The van der Waals surface area contributed by atoms with Gasteiger partial charge in [0, 0.05) is 19.1 Å². The van der Waals surface area contributed by atoms with Gasteiger partial charge < -0.3 is 4.90 Å². The highest BCUT2D eigenvalue weighted by Crippen LogP contribution is 2.23. The average Bonchev–Trinajstić information content (AvgIpc) is 2.68. The van der Waals surface area contributed by atoms with Gasteiger partial charge in [-0.15, -0.1) is 0 Å². The van der Waals surface area contributed by atoms with E-state index in [-0.39, 0.29) is 11.5 Å². The van der Waals surface area contributed by atoms with Crippen LogP contribution in [0.2, 0.25) is 0 Å². The molecule has 2 heterocycles. The summed E-state index contributed by atoms with van der Waals surface area (Å²) in [5.74, 6) is 0.498. The molecule has 1 aliphatic rings. The molecule has 0 spiro atoms. The Labute approximate surface area is 158 Å². The van der Waals surface area contributed by atoms with Crippen LogP contribution in [0.1, 0.15) is 46.0 Å². The Hall–Kier alpha value is -1.82. The first-order chi connectivity index (χ1) is 12.7. The number of hydrogen-bond acceptors (Lipinski definition) is 4. The second-order valence-electron chi connectivity index (χ2n) is 6.80. The zero-order valence-electron chi connectivity index (χ0n) is 15.6. The van der Waals surface area contributed by atoms with E-state index >= 15 is 0 Å². The number of aromatic nitrogens is 2. The number of hydrogen-bond donors (Lipinski definition) is 0. The first-order valence-electron chi connectivity index (χ1n) is 9.57. The van der Waals surface area contributed by atoms with E-state index in [0.717, 1.165) is 32.2 Å². The molecule has 1 fully saturated rings. The normalized spacial score (nSPS) is 17.6. The summed E-state index contributed by atoms with van der Waals surface area (Å²) in [5, 5.41) is 1.28. The van der Waals surface area contributed by atoms with Gasteiger partial charge in [-0.25, -0.2) is 4.98 Å². The van der Waals surface area contributed by atoms with Crippen LogP contribution in [0.4, 0.5) is 0 Å². The quantitative estimate of drug-likeness (QED) is 0.572. The van der Waals surface area contributed by atoms with Crippen LogP contribution >= 0.6 is 11.8 Å². The Balaban J connectivity index is 1.82. The Morgan fingerprint density at radius 1 is 1.27 bits per heavy atom. The predicted octanol–water partition coefficient (Wildman–Crippen LogP) is 3.69. The van der Waals surface area contributed by atoms with Gasteiger partial charge in [0.25, 0.3) is 5.56 Å². The number of piperidine rings is 1. The van der Waals surface area contributed by atoms with Gasteiger partial charge in [-0.1, -0.05) is 37.7 Å². The molecule has 140 valence electrons. The van der Waals surface area contributed by atoms with E-state index in [1.54, 1.807) is 4.57 Å². The summed E-state index contributed by atoms with van der Waals surface area (Å²) in [5.41, 5.74) is 0.681. The number of thioether (sulfide) groups is 1. The molecule has 1 unspecified atom stereocenters. The molecule has 1 amide bonds. The number of nitrogens with zero attached hydrogens (tertiary/aromatic N) is 3. The second kappa shape index (κ2) is 8.71. The third kappa shape index (κ3) is 3.95. The standard InChI is InChI=1S/C20H27N3O2S/c1-3-12-23-19(25)16-10-5-6-11-17(16)21-20(23)26-14-18(24)22-13-8-7-9-15(22)4-2/h5-6,10-11,15H,3-4,7-9,12-14H2,1-2H3. The van der Waals surface area contributed by atoms with Crippen molar-refractivity contribution in [3.05, 3.63) is 34.6 Å². The van der Waals surface area contributed by atoms with Crippen molar-refractivity contribution in [3.63, 3.8) is 0 Å². The van der Waals surface area contributed by atoms with Crippen LogP contribution in [0.5, 0.6) is 0 Å². The molecule has 1 atom stereocenters. The number of likely N-dealkylation sites (tertiary alicyclic amines) is 1. The van der Waals surface area contributed by atoms with Crippen LogP contribution in [0.25, 0.3) is 10.9 Å². The molecular weight excluding hydrogens is 346 g/mol. The van der Waals surface area contributed by atoms with Crippen LogP contribution in [0, 0.1) is 0 Å². The van der Waals surface area contributed by atoms with Gasteiger partial charge in [0.15, 0.2) is 5.16 Å². The summed E-state index contributed by atoms with van der Waals surface area (Å²) in [7, 11) is 0. The van der Waals surface area contributed by atoms with Crippen LogP contribution in [-0.4, -0.2) is 38.7 Å². The molecule has 0 saturated carbocycles. The number of benzene rings is 1. The molecule has 2 aromatic rings. The van der Waals surface area contributed by atoms with Crippen LogP contribution in [-0.2, 0) is 11.3 Å². The maximum atomic E-state index is 12.8. The molecule has 0 radical (unpaired) electrons. The van der Waals surface area contributed by atoms with Gasteiger partial charge in [-0.3, -0.25) is 14.2 Å². The van der Waals surface area contributed by atoms with Gasteiger partial charge in [0.05, 0.1) is 16.7 Å². The van der Waals surface area contributed by atoms with E-state index in [2.05, 4.69) is 11.9 Å². The first kappa shape index (κ1) is 19.0. The second-order valence-corrected chi connectivity index (χ2v) is 7.74. The maximum absolute atomic E-state index is 12.8. The average molecular weight is 374 g/mol. The van der Waals surface area contributed by atoms with Gasteiger partial charge >= 0.3 is 0 Å². The molecule has 1 saturated heterocycles. The summed E-state index contributed by atoms with van der Waals surface area (Å²) >= 11 is 1.39. The fourth-order valence-corrected chi connectivity index (χ4v) is 4.55. The minimum absolute atomic E-state index is 0.0168. The largest absolute Gasteiger partial charge is 0.339 e. The van der Waals surface area contributed by atoms with E-state index in [1.807, 2.05) is 36.1 Å². The Morgan fingerprint density at radius 3 is 2.85 bits per heavy atom. The molecule has 26 heavy (non-hydrogen) atoms. The van der Waals surface area contributed by atoms with Gasteiger partial charge in [-0.05, 0) is 44.2 Å². The molecule has 1 aromatic carbocycles. The summed E-state index contributed by atoms with van der Waals surface area (Å²) in [4.78, 5) is 32.2. The van der Waals surface area contributed by atoms with E-state index in [1.165, 1.54) is 18.2 Å². The smallest absolute Gasteiger partial charge is 0.262 e. The zero-order chi connectivity index (χ0) is 18.5. The lowest BCUT2D eigenvalue weighted by Crippen LogP contribution is -2.44. The summed E-state index contributed by atoms with van der Waals surface area (Å²) < 4.78 is 1.72. The molecule has 0 bridgehead atoms. The van der Waals surface area contributed by atoms with Crippen molar-refractivity contribution in [2.24, 2.45) is 0 Å². The Morgan fingerprint density at radius 2 is 2.08 bits per heavy atom. The lowest BCUT2D eigenvalue weighted by molar-refractivity contribution is -0.132. The fraction of sp³-hybridized carbons (Fsp3) is 0.550. The predicted molar refractivity (Wildman–Crippen MR) is 107 cm³/mol. The number of carbonyl (C=O) groups excluding carboxylic acids is 1. The molecule has 0 aliphatic carbocycles. The van der Waals surface area contributed by atoms with E-state index in [4.69, 9.17) is 0 Å². The third-order valence-electron chi connectivity index (χ3n) is 5.02. The van der Waals surface area contributed by atoms with Gasteiger partial charge in [0.1, 0.15) is 0 Å². The summed E-state index contributed by atoms with van der Waals surface area (Å²) in [6.45, 7) is 5.66. The van der Waals surface area contributed by atoms with Crippen molar-refractivity contribution in [1.82, 2.24) is 14.5 Å². The van der Waals surface area contributed by atoms with Crippen molar-refractivity contribution in [1.29, 1.82) is 0 Å². The highest BCUT2D eigenvalue weighted by Gasteiger charge is 2.25. The highest BCUT2D eigenvalue weighted by atomic mass is 32.2. The molecule has 0 N–H and O–H groups in total. The minimum atomic E-state index is -0.0168. The van der Waals surface area contributed by atoms with Gasteiger partial charge in [-0.2, -0.15) is 0 Å². The molecule has 3 rings (SSSR count). The van der Waals surface area contributed by atoms with Crippen LogP contribution < -0.4 is 5.56 Å². The van der Waals surface area contributed by atoms with Crippen molar-refractivity contribution in [2.45, 2.75) is 63.7 Å². The van der Waals surface area contributed by atoms with E-state index in [9.17, 15) is 9.59 Å². The number of amides is 1. The van der Waals surface area contributed by atoms with Crippen LogP contribution in [0.15, 0.2) is 34.2 Å². The zero-order valence-corrected chi connectivity index (χ0v) is 16.4. The van der Waals surface area contributed by atoms with Crippen molar-refractivity contribution in [2.75, 3.05) is 12.3 Å². The summed E-state index contributed by atoms with van der Waals surface area (Å²) in [6, 6.07) is 7.78. The lowest BCUT2D eigenvalue weighted by atomic mass is 10.0. The Bertz CT molecular complexity index is 833. The number of fused-ring (bicyclic) bond motifs is 1. The van der Waals surface area contributed by atoms with Crippen molar-refractivity contribution >= 4 is 28.6 Å². The van der Waals surface area contributed by atoms with E-state index < -0.39 is 0 Å². The molecule has 1 aliphatic heterocycles. The highest BCUT2D eigenvalue weighted by molar-refractivity contribution is 7.99. The molecular formula is C20H27N3O2S.